The molecule has 2 N–H and O–H groups in total. The fourth-order valence-electron chi connectivity index (χ4n) is 7.18. The van der Waals surface area contributed by atoms with Crippen LogP contribution in [0.1, 0.15) is 84.1 Å². The van der Waals surface area contributed by atoms with E-state index in [1.54, 1.807) is 20.1 Å². The molecule has 2 saturated carbocycles. The minimum Gasteiger partial charge on any atom is -0.448 e. The van der Waals surface area contributed by atoms with E-state index in [1.165, 1.54) is 11.8 Å². The molecule has 6 rings (SSSR count). The zero-order valence-corrected chi connectivity index (χ0v) is 26.3. The number of fused-ring (bicyclic) bond motifs is 1. The van der Waals surface area contributed by atoms with Crippen molar-refractivity contribution >= 4 is 17.7 Å². The zero-order valence-electron chi connectivity index (χ0n) is 25.5. The number of amides is 1. The summed E-state index contributed by atoms with van der Waals surface area (Å²) in [6, 6.07) is 4.09. The molecule has 1 saturated heterocycles. The molecule has 0 radical (unpaired) electrons. The number of aromatic amines is 1. The molecule has 43 heavy (non-hydrogen) atoms. The van der Waals surface area contributed by atoms with Crippen molar-refractivity contribution in [3.8, 4) is 11.5 Å². The molecule has 4 aliphatic rings. The summed E-state index contributed by atoms with van der Waals surface area (Å²) in [6.45, 7) is 7.54. The molecule has 2 aliphatic carbocycles. The number of alkyl halides is 2. The van der Waals surface area contributed by atoms with E-state index >= 15 is 0 Å². The number of methoxy groups -OCH3 is 1. The number of aromatic nitrogens is 1. The van der Waals surface area contributed by atoms with Gasteiger partial charge in [0, 0.05) is 91.3 Å². The van der Waals surface area contributed by atoms with Crippen LogP contribution in [0.15, 0.2) is 21.8 Å². The quantitative estimate of drug-likeness (QED) is 0.376. The van der Waals surface area contributed by atoms with Crippen LogP contribution in [0.4, 0.5) is 8.78 Å². The average molecular weight is 618 g/mol. The Hall–Kier alpha value is -2.63. The Labute approximate surface area is 255 Å². The lowest BCUT2D eigenvalue weighted by molar-refractivity contribution is -0.131. The van der Waals surface area contributed by atoms with Gasteiger partial charge < -0.3 is 24.5 Å². The molecule has 0 bridgehead atoms. The first-order valence-electron chi connectivity index (χ1n) is 15.2. The van der Waals surface area contributed by atoms with Gasteiger partial charge in [0.1, 0.15) is 0 Å². The first kappa shape index (κ1) is 30.4. The summed E-state index contributed by atoms with van der Waals surface area (Å²) >= 11 is 1.44. The molecule has 1 unspecified atom stereocenters. The van der Waals surface area contributed by atoms with E-state index < -0.39 is 17.6 Å². The topological polar surface area (TPSA) is 92.9 Å². The highest BCUT2D eigenvalue weighted by molar-refractivity contribution is 7.98. The van der Waals surface area contributed by atoms with Crippen LogP contribution in [0.2, 0.25) is 0 Å². The van der Waals surface area contributed by atoms with Crippen LogP contribution in [-0.2, 0) is 11.3 Å². The van der Waals surface area contributed by atoms with Crippen LogP contribution in [-0.4, -0.2) is 66.1 Å². The molecule has 0 spiro atoms. The second-order valence-electron chi connectivity index (χ2n) is 12.8. The van der Waals surface area contributed by atoms with Crippen LogP contribution < -0.4 is 20.3 Å². The highest BCUT2D eigenvalue weighted by Gasteiger charge is 2.52. The number of aryl methyl sites for hydroxylation is 1. The molecule has 3 fully saturated rings. The van der Waals surface area contributed by atoms with Gasteiger partial charge in [0.05, 0.1) is 6.10 Å². The number of nitrogens with one attached hydrogen (secondary N) is 2. The van der Waals surface area contributed by atoms with Crippen LogP contribution in [0, 0.1) is 19.8 Å². The number of benzene rings is 1. The summed E-state index contributed by atoms with van der Waals surface area (Å²) in [4.78, 5) is 32.3. The van der Waals surface area contributed by atoms with Gasteiger partial charge in [-0.05, 0) is 63.8 Å². The number of pyridine rings is 1. The van der Waals surface area contributed by atoms with Crippen molar-refractivity contribution < 1.29 is 27.8 Å². The van der Waals surface area contributed by atoms with E-state index in [9.17, 15) is 18.4 Å². The fourth-order valence-corrected chi connectivity index (χ4v) is 7.88. The van der Waals surface area contributed by atoms with Crippen LogP contribution in [0.5, 0.6) is 11.5 Å². The average Bonchev–Trinajstić information content (AvgIpc) is 3.30. The molecule has 1 atom stereocenters. The van der Waals surface area contributed by atoms with Crippen molar-refractivity contribution in [3.63, 3.8) is 0 Å². The number of likely N-dealkylation sites (tertiary alicyclic amines) is 1. The molecule has 1 aromatic carbocycles. The second kappa shape index (κ2) is 11.4. The molecular weight excluding hydrogens is 576 g/mol. The predicted octanol–water partition coefficient (Wildman–Crippen LogP) is 5.53. The Kier molecular flexibility index (Phi) is 8.04. The SMILES string of the molecule is COC1CN(C2CCC(C3(C)Oc4c(C5CC(F)(F)C5)cc(C(=O)NCc5c(SC)cc(C)[nH]c5=O)c(C)c4O3)CC2)C1. The number of nitrogens with zero attached hydrogens (tertiary/aromatic N) is 1. The number of H-pyrrole nitrogens is 1. The standard InChI is InChI=1S/C32H41F2N3O5S/c1-17-10-26(43-5)25(30(39)36-17)14-35-29(38)23-11-24(19-12-32(33,34)13-19)28-27(18(23)2)41-31(3,42-28)20-6-8-21(9-7-20)37-15-22(16-37)40-4/h10-11,19-22H,6-9,12-16H2,1-5H3,(H,35,38)(H,36,39). The van der Waals surface area contributed by atoms with Gasteiger partial charge >= 0.3 is 0 Å². The normalized spacial score (nSPS) is 27.0. The van der Waals surface area contributed by atoms with E-state index in [0.29, 0.717) is 45.9 Å². The Balaban J connectivity index is 1.23. The number of carbonyl (C=O) groups excluding carboxylic acids is 1. The maximum atomic E-state index is 14.0. The second-order valence-corrected chi connectivity index (χ2v) is 13.7. The summed E-state index contributed by atoms with van der Waals surface area (Å²) < 4.78 is 46.7. The van der Waals surface area contributed by atoms with Crippen LogP contribution >= 0.6 is 11.8 Å². The molecule has 2 aliphatic heterocycles. The van der Waals surface area contributed by atoms with Gasteiger partial charge in [-0.3, -0.25) is 14.5 Å². The number of rotatable bonds is 8. The summed E-state index contributed by atoms with van der Waals surface area (Å²) in [6.07, 6.45) is 5.54. The first-order chi connectivity index (χ1) is 20.4. The molecule has 1 amide bonds. The van der Waals surface area contributed by atoms with Gasteiger partial charge in [0.15, 0.2) is 11.5 Å². The summed E-state index contributed by atoms with van der Waals surface area (Å²) in [5.74, 6) is -3.41. The van der Waals surface area contributed by atoms with Gasteiger partial charge in [-0.2, -0.15) is 0 Å². The molecule has 2 aromatic rings. The number of halogens is 2. The van der Waals surface area contributed by atoms with Gasteiger partial charge in [0.2, 0.25) is 5.92 Å². The first-order valence-corrected chi connectivity index (χ1v) is 16.4. The molecular formula is C32H41F2N3O5S. The van der Waals surface area contributed by atoms with E-state index in [2.05, 4.69) is 15.2 Å². The maximum absolute atomic E-state index is 14.0. The Bertz CT molecular complexity index is 1460. The molecule has 3 heterocycles. The third kappa shape index (κ3) is 5.68. The number of thioether (sulfide) groups is 1. The lowest BCUT2D eigenvalue weighted by atomic mass is 9.75. The Morgan fingerprint density at radius 2 is 1.81 bits per heavy atom. The van der Waals surface area contributed by atoms with Crippen LogP contribution in [0.3, 0.4) is 0 Å². The minimum atomic E-state index is -2.73. The van der Waals surface area contributed by atoms with Crippen molar-refractivity contribution in [1.82, 2.24) is 15.2 Å². The molecule has 8 nitrogen and oxygen atoms in total. The van der Waals surface area contributed by atoms with Crippen molar-refractivity contribution in [2.24, 2.45) is 5.92 Å². The van der Waals surface area contributed by atoms with E-state index in [4.69, 9.17) is 14.2 Å². The summed E-state index contributed by atoms with van der Waals surface area (Å²) in [5, 5.41) is 2.89. The fraction of sp³-hybridized carbons (Fsp3) is 0.625. The number of hydrogen-bond donors (Lipinski definition) is 2. The van der Waals surface area contributed by atoms with Gasteiger partial charge in [-0.25, -0.2) is 8.78 Å². The highest BCUT2D eigenvalue weighted by atomic mass is 32.2. The third-order valence-corrected chi connectivity index (χ3v) is 10.7. The summed E-state index contributed by atoms with van der Waals surface area (Å²) in [5.41, 5.74) is 2.52. The van der Waals surface area contributed by atoms with E-state index in [0.717, 1.165) is 49.4 Å². The minimum absolute atomic E-state index is 0.0401. The Morgan fingerprint density at radius 3 is 2.44 bits per heavy atom. The third-order valence-electron chi connectivity index (χ3n) is 9.94. The lowest BCUT2D eigenvalue weighted by Gasteiger charge is -2.47. The molecule has 11 heteroatoms. The predicted molar refractivity (Wildman–Crippen MR) is 161 cm³/mol. The monoisotopic (exact) mass is 617 g/mol. The number of hydrogen-bond acceptors (Lipinski definition) is 7. The molecule has 234 valence electrons. The smallest absolute Gasteiger partial charge is 0.254 e. The molecule has 1 aromatic heterocycles. The number of ether oxygens (including phenoxy) is 3. The van der Waals surface area contributed by atoms with Crippen molar-refractivity contribution in [3.05, 3.63) is 50.4 Å². The van der Waals surface area contributed by atoms with Crippen molar-refractivity contribution in [2.45, 2.75) is 101 Å². The zero-order chi connectivity index (χ0) is 30.7. The van der Waals surface area contributed by atoms with Gasteiger partial charge in [-0.1, -0.05) is 0 Å². The highest BCUT2D eigenvalue weighted by Crippen LogP contribution is 2.57. The Morgan fingerprint density at radius 1 is 1.14 bits per heavy atom. The van der Waals surface area contributed by atoms with E-state index in [-0.39, 0.29) is 36.8 Å². The summed E-state index contributed by atoms with van der Waals surface area (Å²) in [7, 11) is 1.76. The van der Waals surface area contributed by atoms with Gasteiger partial charge in [0.25, 0.3) is 17.3 Å². The van der Waals surface area contributed by atoms with E-state index in [1.807, 2.05) is 26.2 Å². The lowest BCUT2D eigenvalue weighted by Crippen LogP contribution is -2.57. The van der Waals surface area contributed by atoms with Crippen molar-refractivity contribution in [2.75, 3.05) is 26.5 Å². The van der Waals surface area contributed by atoms with Crippen molar-refractivity contribution in [1.29, 1.82) is 0 Å². The number of carbonyl (C=O) groups is 1. The van der Waals surface area contributed by atoms with Crippen LogP contribution in [0.25, 0.3) is 0 Å². The largest absolute Gasteiger partial charge is 0.448 e. The maximum Gasteiger partial charge on any atom is 0.254 e. The van der Waals surface area contributed by atoms with Gasteiger partial charge in [-0.15, -0.1) is 11.8 Å².